The van der Waals surface area contributed by atoms with E-state index in [9.17, 15) is 0 Å². The fourth-order valence-electron chi connectivity index (χ4n) is 1.12. The molecular formula is C8H9BN4O2. The second-order valence-corrected chi connectivity index (χ2v) is 3.14. The van der Waals surface area contributed by atoms with Gasteiger partial charge in [0.25, 0.3) is 0 Å². The first-order valence-electron chi connectivity index (χ1n) is 4.36. The van der Waals surface area contributed by atoms with E-state index in [-0.39, 0.29) is 5.59 Å². The fraction of sp³-hybridized carbons (Fsp3) is 0.125. The van der Waals surface area contributed by atoms with Crippen molar-refractivity contribution in [2.45, 2.75) is 6.92 Å². The molecule has 2 aromatic rings. The molecule has 0 bridgehead atoms. The molecule has 0 spiro atoms. The summed E-state index contributed by atoms with van der Waals surface area (Å²) in [6, 6.07) is 0. The third-order valence-corrected chi connectivity index (χ3v) is 1.87. The van der Waals surface area contributed by atoms with Crippen molar-refractivity contribution in [3.63, 3.8) is 0 Å². The Hall–Kier alpha value is -1.73. The lowest BCUT2D eigenvalue weighted by atomic mass is 9.87. The molecule has 0 unspecified atom stereocenters. The lowest BCUT2D eigenvalue weighted by Crippen LogP contribution is -2.33. The molecule has 2 N–H and O–H groups in total. The quantitative estimate of drug-likeness (QED) is 0.591. The van der Waals surface area contributed by atoms with Crippen LogP contribution in [0, 0.1) is 6.92 Å². The van der Waals surface area contributed by atoms with E-state index in [1.165, 1.54) is 12.4 Å². The third-order valence-electron chi connectivity index (χ3n) is 1.87. The van der Waals surface area contributed by atoms with E-state index < -0.39 is 7.12 Å². The Labute approximate surface area is 86.4 Å². The fourth-order valence-corrected chi connectivity index (χ4v) is 1.12. The topological polar surface area (TPSA) is 84.1 Å². The zero-order valence-corrected chi connectivity index (χ0v) is 8.07. The maximum Gasteiger partial charge on any atom is 0.509 e. The molecular weight excluding hydrogens is 195 g/mol. The smallest absolute Gasteiger partial charge is 0.422 e. The Morgan fingerprint density at radius 1 is 1.20 bits per heavy atom. The van der Waals surface area contributed by atoms with E-state index in [2.05, 4.69) is 15.1 Å². The van der Waals surface area contributed by atoms with Crippen LogP contribution >= 0.6 is 0 Å². The highest BCUT2D eigenvalue weighted by Gasteiger charge is 2.13. The molecule has 0 aliphatic heterocycles. The van der Waals surface area contributed by atoms with Crippen molar-refractivity contribution >= 4 is 12.7 Å². The van der Waals surface area contributed by atoms with E-state index in [1.807, 2.05) is 6.92 Å². The summed E-state index contributed by atoms with van der Waals surface area (Å²) >= 11 is 0. The predicted molar refractivity (Wildman–Crippen MR) is 53.7 cm³/mol. The second kappa shape index (κ2) is 3.80. The molecule has 0 amide bonds. The molecule has 0 atom stereocenters. The number of hydrogen-bond donors (Lipinski definition) is 2. The van der Waals surface area contributed by atoms with Crippen molar-refractivity contribution < 1.29 is 10.0 Å². The highest BCUT2D eigenvalue weighted by Crippen LogP contribution is 2.01. The maximum atomic E-state index is 8.82. The van der Waals surface area contributed by atoms with Gasteiger partial charge in [-0.1, -0.05) is 0 Å². The molecule has 2 rings (SSSR count). The van der Waals surface area contributed by atoms with Gasteiger partial charge in [0.2, 0.25) is 0 Å². The van der Waals surface area contributed by atoms with Crippen molar-refractivity contribution in [1.82, 2.24) is 19.7 Å². The van der Waals surface area contributed by atoms with E-state index >= 15 is 0 Å². The van der Waals surface area contributed by atoms with Gasteiger partial charge < -0.3 is 10.0 Å². The van der Waals surface area contributed by atoms with Crippen LogP contribution in [0.5, 0.6) is 0 Å². The zero-order valence-electron chi connectivity index (χ0n) is 8.07. The normalized spacial score (nSPS) is 10.3. The van der Waals surface area contributed by atoms with Gasteiger partial charge in [0, 0.05) is 12.4 Å². The minimum atomic E-state index is -1.59. The van der Waals surface area contributed by atoms with E-state index in [0.717, 1.165) is 5.56 Å². The number of aromatic nitrogens is 4. The molecule has 0 aliphatic carbocycles. The molecule has 0 aromatic carbocycles. The van der Waals surface area contributed by atoms with Crippen LogP contribution in [0.15, 0.2) is 24.8 Å². The first-order valence-corrected chi connectivity index (χ1v) is 4.36. The third kappa shape index (κ3) is 2.03. The summed E-state index contributed by atoms with van der Waals surface area (Å²) in [6.07, 6.45) is 6.24. The van der Waals surface area contributed by atoms with Crippen LogP contribution in [-0.4, -0.2) is 36.9 Å². The van der Waals surface area contributed by atoms with Crippen LogP contribution in [0.3, 0.4) is 0 Å². The van der Waals surface area contributed by atoms with Crippen LogP contribution in [0.25, 0.3) is 5.82 Å². The Bertz CT molecular complexity index is 454. The van der Waals surface area contributed by atoms with Crippen molar-refractivity contribution in [1.29, 1.82) is 0 Å². The van der Waals surface area contributed by atoms with E-state index in [0.29, 0.717) is 5.82 Å². The van der Waals surface area contributed by atoms with Crippen LogP contribution in [0.2, 0.25) is 0 Å². The van der Waals surface area contributed by atoms with Gasteiger partial charge in [-0.3, -0.25) is 4.98 Å². The molecule has 0 saturated carbocycles. The molecule has 2 heterocycles. The largest absolute Gasteiger partial charge is 0.509 e. The summed E-state index contributed by atoms with van der Waals surface area (Å²) in [4.78, 5) is 7.84. The molecule has 2 aromatic heterocycles. The highest BCUT2D eigenvalue weighted by molar-refractivity contribution is 6.57. The summed E-state index contributed by atoms with van der Waals surface area (Å²) < 4.78 is 1.57. The molecule has 76 valence electrons. The Kier molecular flexibility index (Phi) is 2.48. The monoisotopic (exact) mass is 204 g/mol. The van der Waals surface area contributed by atoms with Crippen molar-refractivity contribution in [3.05, 3.63) is 30.4 Å². The molecule has 15 heavy (non-hydrogen) atoms. The molecule has 0 saturated heterocycles. The standard InChI is InChI=1S/C8H9BN4O2/c1-6-2-12-13(5-6)8-4-10-7(3-11-8)9(14)15/h2-5,14-15H,1H3. The number of rotatable bonds is 2. The summed E-state index contributed by atoms with van der Waals surface area (Å²) in [5.74, 6) is 0.535. The van der Waals surface area contributed by atoms with Crippen molar-refractivity contribution in [2.24, 2.45) is 0 Å². The first kappa shape index (κ1) is 9.82. The minimum Gasteiger partial charge on any atom is -0.422 e. The Balaban J connectivity index is 2.31. The molecule has 6 nitrogen and oxygen atoms in total. The van der Waals surface area contributed by atoms with Crippen molar-refractivity contribution in [2.75, 3.05) is 0 Å². The second-order valence-electron chi connectivity index (χ2n) is 3.14. The van der Waals surface area contributed by atoms with Crippen LogP contribution < -0.4 is 5.59 Å². The van der Waals surface area contributed by atoms with Crippen LogP contribution in [0.4, 0.5) is 0 Å². The highest BCUT2D eigenvalue weighted by atomic mass is 16.4. The molecule has 0 fully saturated rings. The Morgan fingerprint density at radius 3 is 2.47 bits per heavy atom. The van der Waals surface area contributed by atoms with Gasteiger partial charge in [-0.15, -0.1) is 0 Å². The van der Waals surface area contributed by atoms with Gasteiger partial charge in [0.05, 0.1) is 18.0 Å². The van der Waals surface area contributed by atoms with Gasteiger partial charge in [-0.25, -0.2) is 9.67 Å². The average molecular weight is 204 g/mol. The summed E-state index contributed by atoms with van der Waals surface area (Å²) in [5, 5.41) is 21.7. The summed E-state index contributed by atoms with van der Waals surface area (Å²) in [6.45, 7) is 1.92. The van der Waals surface area contributed by atoms with Gasteiger partial charge in [-0.2, -0.15) is 5.10 Å². The van der Waals surface area contributed by atoms with Crippen LogP contribution in [0.1, 0.15) is 5.56 Å². The lowest BCUT2D eigenvalue weighted by molar-refractivity contribution is 0.424. The van der Waals surface area contributed by atoms with Gasteiger partial charge in [-0.05, 0) is 12.5 Å². The lowest BCUT2D eigenvalue weighted by Gasteiger charge is -2.01. The van der Waals surface area contributed by atoms with Crippen molar-refractivity contribution in [3.8, 4) is 5.82 Å². The van der Waals surface area contributed by atoms with Crippen LogP contribution in [-0.2, 0) is 0 Å². The molecule has 0 radical (unpaired) electrons. The zero-order chi connectivity index (χ0) is 10.8. The first-order chi connectivity index (χ1) is 7.16. The van der Waals surface area contributed by atoms with Gasteiger partial charge in [0.15, 0.2) is 5.82 Å². The van der Waals surface area contributed by atoms with Gasteiger partial charge >= 0.3 is 7.12 Å². The Morgan fingerprint density at radius 2 is 2.00 bits per heavy atom. The summed E-state index contributed by atoms with van der Waals surface area (Å²) in [5.41, 5.74) is 1.13. The van der Waals surface area contributed by atoms with E-state index in [1.54, 1.807) is 17.1 Å². The number of aryl methyl sites for hydroxylation is 1. The molecule has 7 heteroatoms. The predicted octanol–water partition coefficient (Wildman–Crippen LogP) is -1.35. The number of nitrogens with zero attached hydrogens (tertiary/aromatic N) is 4. The average Bonchev–Trinajstić information content (AvgIpc) is 2.65. The maximum absolute atomic E-state index is 8.82. The summed E-state index contributed by atoms with van der Waals surface area (Å²) in [7, 11) is -1.59. The minimum absolute atomic E-state index is 0.114. The molecule has 0 aliphatic rings. The van der Waals surface area contributed by atoms with E-state index in [4.69, 9.17) is 10.0 Å². The van der Waals surface area contributed by atoms with Gasteiger partial charge in [0.1, 0.15) is 0 Å². The SMILES string of the molecule is Cc1cnn(-c2cnc(B(O)O)cn2)c1. The number of hydrogen-bond acceptors (Lipinski definition) is 5.